The molecule has 0 saturated heterocycles. The summed E-state index contributed by atoms with van der Waals surface area (Å²) in [5, 5.41) is 0. The lowest BCUT2D eigenvalue weighted by molar-refractivity contribution is -0.141. The Morgan fingerprint density at radius 1 is 0.889 bits per heavy atom. The van der Waals surface area contributed by atoms with Crippen molar-refractivity contribution in [3.8, 4) is 0 Å². The first-order chi connectivity index (χ1) is 13.0. The van der Waals surface area contributed by atoms with Gasteiger partial charge in [-0.25, -0.2) is 0 Å². The number of benzene rings is 1. The Balaban J connectivity index is 2.15. The smallest absolute Gasteiger partial charge is 0.242 e. The summed E-state index contributed by atoms with van der Waals surface area (Å²) in [5.74, 6) is 0.0455. The maximum Gasteiger partial charge on any atom is 0.242 e. The third kappa shape index (κ3) is 6.27. The number of amides is 2. The number of hydrogen-bond acceptors (Lipinski definition) is 2. The van der Waals surface area contributed by atoms with Crippen molar-refractivity contribution in [1.29, 1.82) is 0 Å². The molecule has 0 aliphatic rings. The molecule has 5 heteroatoms. The van der Waals surface area contributed by atoms with Crippen LogP contribution in [0, 0.1) is 0 Å². The van der Waals surface area contributed by atoms with E-state index in [1.165, 1.54) is 0 Å². The minimum absolute atomic E-state index is 0.0158. The average Bonchev–Trinajstić information content (AvgIpc) is 3.06. The van der Waals surface area contributed by atoms with Gasteiger partial charge in [0.25, 0.3) is 0 Å². The van der Waals surface area contributed by atoms with Crippen LogP contribution in [0.2, 0.25) is 0 Å². The molecule has 27 heavy (non-hydrogen) atoms. The third-order valence-electron chi connectivity index (χ3n) is 4.61. The quantitative estimate of drug-likeness (QED) is 0.642. The van der Waals surface area contributed by atoms with Crippen molar-refractivity contribution in [3.05, 3.63) is 59.9 Å². The van der Waals surface area contributed by atoms with Crippen molar-refractivity contribution in [2.24, 2.45) is 7.05 Å². The second kappa shape index (κ2) is 10.6. The first kappa shape index (κ1) is 20.7. The van der Waals surface area contributed by atoms with Crippen LogP contribution >= 0.6 is 0 Å². The van der Waals surface area contributed by atoms with Crippen molar-refractivity contribution in [1.82, 2.24) is 14.4 Å². The van der Waals surface area contributed by atoms with E-state index in [-0.39, 0.29) is 18.4 Å². The van der Waals surface area contributed by atoms with Crippen LogP contribution < -0.4 is 0 Å². The van der Waals surface area contributed by atoms with Crippen molar-refractivity contribution in [3.63, 3.8) is 0 Å². The summed E-state index contributed by atoms with van der Waals surface area (Å²) in [7, 11) is 1.98. The van der Waals surface area contributed by atoms with Gasteiger partial charge < -0.3 is 14.4 Å². The number of nitrogens with zero attached hydrogens (tertiary/aromatic N) is 3. The molecule has 0 aliphatic carbocycles. The zero-order valence-corrected chi connectivity index (χ0v) is 16.7. The van der Waals surface area contributed by atoms with Gasteiger partial charge in [-0.2, -0.15) is 0 Å². The molecule has 1 heterocycles. The molecule has 5 nitrogen and oxygen atoms in total. The fraction of sp³-hybridized carbons (Fsp3) is 0.455. The lowest BCUT2D eigenvalue weighted by Crippen LogP contribution is -2.42. The van der Waals surface area contributed by atoms with Crippen LogP contribution in [0.5, 0.6) is 0 Å². The molecule has 0 fully saturated rings. The molecule has 0 saturated carbocycles. The minimum atomic E-state index is -0.0158. The van der Waals surface area contributed by atoms with E-state index < -0.39 is 0 Å². The summed E-state index contributed by atoms with van der Waals surface area (Å²) in [4.78, 5) is 29.0. The molecular formula is C22H31N3O2. The summed E-state index contributed by atoms with van der Waals surface area (Å²) in [5.41, 5.74) is 2.16. The van der Waals surface area contributed by atoms with Crippen LogP contribution in [-0.2, 0) is 29.7 Å². The van der Waals surface area contributed by atoms with Gasteiger partial charge in [0.1, 0.15) is 0 Å². The SMILES string of the molecule is CCCC(=O)N(CCC)CC(=O)N(Cc1ccccc1)Cc1cccn1C. The number of hydrogen-bond donors (Lipinski definition) is 0. The predicted molar refractivity (Wildman–Crippen MR) is 108 cm³/mol. The molecule has 1 aromatic heterocycles. The molecule has 1 aromatic carbocycles. The summed E-state index contributed by atoms with van der Waals surface area (Å²) in [6.45, 7) is 5.84. The highest BCUT2D eigenvalue weighted by molar-refractivity contribution is 5.84. The number of aryl methyl sites for hydroxylation is 1. The van der Waals surface area contributed by atoms with E-state index in [0.717, 1.165) is 24.1 Å². The number of rotatable bonds is 10. The molecule has 146 valence electrons. The summed E-state index contributed by atoms with van der Waals surface area (Å²) in [6, 6.07) is 14.0. The van der Waals surface area contributed by atoms with Gasteiger partial charge in [0.05, 0.1) is 13.1 Å². The monoisotopic (exact) mass is 369 g/mol. The average molecular weight is 370 g/mol. The number of aromatic nitrogens is 1. The Kier molecular flexibility index (Phi) is 8.11. The number of carbonyl (C=O) groups excluding carboxylic acids is 2. The fourth-order valence-corrected chi connectivity index (χ4v) is 3.09. The number of carbonyl (C=O) groups is 2. The summed E-state index contributed by atoms with van der Waals surface area (Å²) >= 11 is 0. The van der Waals surface area contributed by atoms with E-state index in [9.17, 15) is 9.59 Å². The maximum absolute atomic E-state index is 13.1. The van der Waals surface area contributed by atoms with Crippen LogP contribution in [0.15, 0.2) is 48.7 Å². The minimum Gasteiger partial charge on any atom is -0.353 e. The van der Waals surface area contributed by atoms with Crippen molar-refractivity contribution in [2.45, 2.75) is 46.2 Å². The van der Waals surface area contributed by atoms with E-state index >= 15 is 0 Å². The molecule has 0 atom stereocenters. The Morgan fingerprint density at radius 3 is 2.22 bits per heavy atom. The van der Waals surface area contributed by atoms with E-state index in [2.05, 4.69) is 0 Å². The van der Waals surface area contributed by atoms with E-state index in [1.807, 2.05) is 79.0 Å². The summed E-state index contributed by atoms with van der Waals surface area (Å²) < 4.78 is 2.03. The third-order valence-corrected chi connectivity index (χ3v) is 4.61. The molecular weight excluding hydrogens is 338 g/mol. The first-order valence-corrected chi connectivity index (χ1v) is 9.74. The van der Waals surface area contributed by atoms with Gasteiger partial charge in [0, 0.05) is 38.4 Å². The molecule has 0 bridgehead atoms. The Bertz CT molecular complexity index is 724. The van der Waals surface area contributed by atoms with Crippen LogP contribution in [0.4, 0.5) is 0 Å². The lowest BCUT2D eigenvalue weighted by Gasteiger charge is -2.28. The first-order valence-electron chi connectivity index (χ1n) is 9.74. The fourth-order valence-electron chi connectivity index (χ4n) is 3.09. The molecule has 2 amide bonds. The van der Waals surface area contributed by atoms with Gasteiger partial charge in [-0.05, 0) is 30.5 Å². The normalized spacial score (nSPS) is 10.6. The molecule has 2 aromatic rings. The summed E-state index contributed by atoms with van der Waals surface area (Å²) in [6.07, 6.45) is 4.11. The lowest BCUT2D eigenvalue weighted by atomic mass is 10.2. The van der Waals surface area contributed by atoms with Crippen LogP contribution in [0.25, 0.3) is 0 Å². The van der Waals surface area contributed by atoms with Gasteiger partial charge in [-0.3, -0.25) is 9.59 Å². The van der Waals surface area contributed by atoms with E-state index in [1.54, 1.807) is 4.90 Å². The Morgan fingerprint density at radius 2 is 1.63 bits per heavy atom. The molecule has 0 spiro atoms. The van der Waals surface area contributed by atoms with Gasteiger partial charge >= 0.3 is 0 Å². The second-order valence-corrected chi connectivity index (χ2v) is 6.91. The van der Waals surface area contributed by atoms with Gasteiger partial charge in [-0.15, -0.1) is 0 Å². The van der Waals surface area contributed by atoms with Crippen LogP contribution in [-0.4, -0.2) is 39.3 Å². The largest absolute Gasteiger partial charge is 0.353 e. The van der Waals surface area contributed by atoms with E-state index in [0.29, 0.717) is 26.1 Å². The zero-order valence-electron chi connectivity index (χ0n) is 16.7. The zero-order chi connectivity index (χ0) is 19.6. The highest BCUT2D eigenvalue weighted by Gasteiger charge is 2.21. The molecule has 0 radical (unpaired) electrons. The topological polar surface area (TPSA) is 45.6 Å². The molecule has 0 unspecified atom stereocenters. The highest BCUT2D eigenvalue weighted by atomic mass is 16.2. The van der Waals surface area contributed by atoms with Gasteiger partial charge in [-0.1, -0.05) is 44.2 Å². The van der Waals surface area contributed by atoms with Crippen molar-refractivity contribution >= 4 is 11.8 Å². The molecule has 0 aliphatic heterocycles. The van der Waals surface area contributed by atoms with Gasteiger partial charge in [0.15, 0.2) is 0 Å². The van der Waals surface area contributed by atoms with Crippen molar-refractivity contribution < 1.29 is 9.59 Å². The predicted octanol–water partition coefficient (Wildman–Crippen LogP) is 3.59. The maximum atomic E-state index is 13.1. The van der Waals surface area contributed by atoms with Crippen LogP contribution in [0.3, 0.4) is 0 Å². The standard InChI is InChI=1S/C22H31N3O2/c1-4-10-21(26)24(14-5-2)18-22(27)25(16-19-11-7-6-8-12-19)17-20-13-9-15-23(20)3/h6-9,11-13,15H,4-5,10,14,16-18H2,1-3H3. The van der Waals surface area contributed by atoms with Gasteiger partial charge in [0.2, 0.25) is 11.8 Å². The Hall–Kier alpha value is -2.56. The second-order valence-electron chi connectivity index (χ2n) is 6.91. The Labute approximate surface area is 162 Å². The van der Waals surface area contributed by atoms with E-state index in [4.69, 9.17) is 0 Å². The van der Waals surface area contributed by atoms with Crippen LogP contribution in [0.1, 0.15) is 44.4 Å². The molecule has 0 N–H and O–H groups in total. The molecule has 2 rings (SSSR count). The highest BCUT2D eigenvalue weighted by Crippen LogP contribution is 2.12. The van der Waals surface area contributed by atoms with Crippen molar-refractivity contribution in [2.75, 3.05) is 13.1 Å².